The lowest BCUT2D eigenvalue weighted by Crippen LogP contribution is -2.49. The van der Waals surface area contributed by atoms with Crippen LogP contribution in [0.15, 0.2) is 29.4 Å². The van der Waals surface area contributed by atoms with Crippen molar-refractivity contribution in [3.05, 3.63) is 24.3 Å². The summed E-state index contributed by atoms with van der Waals surface area (Å²) in [5, 5.41) is 21.0. The molecule has 130 valence electrons. The highest BCUT2D eigenvalue weighted by atomic mass is 16.2. The standard InChI is InChI=1S/C18H22N6O/c1-14(2)11-18(25)24-9-7-23(8-10-24)17-5-3-15(4-6-17)21-22-16(12-19)13-20/h3-6,14,21H,7-11H2,1-2H3. The van der Waals surface area contributed by atoms with Crippen molar-refractivity contribution in [1.29, 1.82) is 10.5 Å². The first kappa shape index (κ1) is 18.3. The SMILES string of the molecule is CC(C)CC(=O)N1CCN(c2ccc(NN=C(C#N)C#N)cc2)CC1. The highest BCUT2D eigenvalue weighted by molar-refractivity contribution is 6.10. The number of amides is 1. The van der Waals surface area contributed by atoms with Gasteiger partial charge in [-0.15, -0.1) is 0 Å². The normalized spacial score (nSPS) is 13.8. The van der Waals surface area contributed by atoms with Gasteiger partial charge in [0.25, 0.3) is 0 Å². The van der Waals surface area contributed by atoms with E-state index >= 15 is 0 Å². The fourth-order valence-electron chi connectivity index (χ4n) is 2.63. The molecule has 0 unspecified atom stereocenters. The molecule has 1 aliphatic rings. The van der Waals surface area contributed by atoms with Crippen LogP contribution in [0.5, 0.6) is 0 Å². The number of nitrogens with zero attached hydrogens (tertiary/aromatic N) is 5. The largest absolute Gasteiger partial charge is 0.368 e. The van der Waals surface area contributed by atoms with Gasteiger partial charge in [0, 0.05) is 38.3 Å². The summed E-state index contributed by atoms with van der Waals surface area (Å²) < 4.78 is 0. The van der Waals surface area contributed by atoms with Crippen LogP contribution < -0.4 is 10.3 Å². The Labute approximate surface area is 148 Å². The van der Waals surface area contributed by atoms with Crippen molar-refractivity contribution in [3.8, 4) is 12.1 Å². The number of hydrogen-bond donors (Lipinski definition) is 1. The van der Waals surface area contributed by atoms with Crippen LogP contribution in [0.4, 0.5) is 11.4 Å². The predicted octanol–water partition coefficient (Wildman–Crippen LogP) is 2.20. The highest BCUT2D eigenvalue weighted by Gasteiger charge is 2.21. The van der Waals surface area contributed by atoms with Crippen LogP contribution in [-0.2, 0) is 4.79 Å². The number of rotatable bonds is 5. The van der Waals surface area contributed by atoms with Gasteiger partial charge in [-0.05, 0) is 30.2 Å². The maximum Gasteiger partial charge on any atom is 0.237 e. The first-order valence-corrected chi connectivity index (χ1v) is 8.30. The molecule has 1 aliphatic heterocycles. The first-order chi connectivity index (χ1) is 12.0. The van der Waals surface area contributed by atoms with Crippen LogP contribution in [0, 0.1) is 28.6 Å². The molecule has 1 fully saturated rings. The molecule has 1 aromatic carbocycles. The van der Waals surface area contributed by atoms with E-state index in [1.165, 1.54) is 0 Å². The van der Waals surface area contributed by atoms with E-state index in [0.717, 1.165) is 31.9 Å². The number of carbonyl (C=O) groups is 1. The quantitative estimate of drug-likeness (QED) is 0.656. The highest BCUT2D eigenvalue weighted by Crippen LogP contribution is 2.20. The molecule has 0 atom stereocenters. The van der Waals surface area contributed by atoms with Gasteiger partial charge in [0.15, 0.2) is 0 Å². The number of hydrazone groups is 1. The Balaban J connectivity index is 1.90. The molecule has 25 heavy (non-hydrogen) atoms. The van der Waals surface area contributed by atoms with E-state index in [2.05, 4.69) is 29.3 Å². The van der Waals surface area contributed by atoms with E-state index in [-0.39, 0.29) is 11.6 Å². The summed E-state index contributed by atoms with van der Waals surface area (Å²) in [6.45, 7) is 7.21. The van der Waals surface area contributed by atoms with E-state index in [1.807, 2.05) is 29.2 Å². The van der Waals surface area contributed by atoms with Crippen molar-refractivity contribution >= 4 is 23.0 Å². The molecule has 0 radical (unpaired) electrons. The number of nitrogens with one attached hydrogen (secondary N) is 1. The lowest BCUT2D eigenvalue weighted by Gasteiger charge is -2.36. The molecule has 1 heterocycles. The maximum atomic E-state index is 12.1. The summed E-state index contributed by atoms with van der Waals surface area (Å²) in [5.74, 6) is 0.619. The van der Waals surface area contributed by atoms with E-state index in [0.29, 0.717) is 18.0 Å². The molecule has 0 spiro atoms. The molecule has 2 rings (SSSR count). The summed E-state index contributed by atoms with van der Waals surface area (Å²) in [7, 11) is 0. The maximum absolute atomic E-state index is 12.1. The molecule has 0 aromatic heterocycles. The third-order valence-electron chi connectivity index (χ3n) is 3.96. The Morgan fingerprint density at radius 2 is 1.76 bits per heavy atom. The van der Waals surface area contributed by atoms with Crippen molar-refractivity contribution in [2.24, 2.45) is 11.0 Å². The molecular formula is C18H22N6O. The summed E-state index contributed by atoms with van der Waals surface area (Å²) in [6, 6.07) is 11.0. The zero-order valence-electron chi connectivity index (χ0n) is 14.6. The molecular weight excluding hydrogens is 316 g/mol. The van der Waals surface area contributed by atoms with E-state index in [1.54, 1.807) is 12.1 Å². The second kappa shape index (κ2) is 8.70. The van der Waals surface area contributed by atoms with Crippen molar-refractivity contribution in [2.45, 2.75) is 20.3 Å². The van der Waals surface area contributed by atoms with Gasteiger partial charge in [-0.25, -0.2) is 0 Å². The van der Waals surface area contributed by atoms with Gasteiger partial charge in [0.05, 0.1) is 5.69 Å². The molecule has 0 aliphatic carbocycles. The minimum Gasteiger partial charge on any atom is -0.368 e. The van der Waals surface area contributed by atoms with Gasteiger partial charge in [-0.2, -0.15) is 15.6 Å². The topological polar surface area (TPSA) is 95.5 Å². The van der Waals surface area contributed by atoms with Gasteiger partial charge < -0.3 is 9.80 Å². The predicted molar refractivity (Wildman–Crippen MR) is 97.0 cm³/mol. The Morgan fingerprint density at radius 3 is 2.28 bits per heavy atom. The van der Waals surface area contributed by atoms with E-state index in [4.69, 9.17) is 10.5 Å². The summed E-state index contributed by atoms with van der Waals surface area (Å²) in [4.78, 5) is 16.3. The number of carbonyl (C=O) groups excluding carboxylic acids is 1. The van der Waals surface area contributed by atoms with Gasteiger partial charge in [0.2, 0.25) is 11.6 Å². The minimum absolute atomic E-state index is 0.216. The number of benzene rings is 1. The molecule has 0 bridgehead atoms. The zero-order chi connectivity index (χ0) is 18.2. The third-order valence-corrected chi connectivity index (χ3v) is 3.96. The summed E-state index contributed by atoms with van der Waals surface area (Å²) >= 11 is 0. The fourth-order valence-corrected chi connectivity index (χ4v) is 2.63. The van der Waals surface area contributed by atoms with Crippen LogP contribution in [0.25, 0.3) is 0 Å². The molecule has 1 N–H and O–H groups in total. The Hall–Kier alpha value is -3.06. The van der Waals surface area contributed by atoms with Crippen LogP contribution >= 0.6 is 0 Å². The van der Waals surface area contributed by atoms with Crippen LogP contribution in [0.2, 0.25) is 0 Å². The van der Waals surface area contributed by atoms with Gasteiger partial charge in [0.1, 0.15) is 12.1 Å². The van der Waals surface area contributed by atoms with Crippen LogP contribution in [0.1, 0.15) is 20.3 Å². The van der Waals surface area contributed by atoms with Crippen molar-refractivity contribution in [3.63, 3.8) is 0 Å². The number of nitriles is 2. The van der Waals surface area contributed by atoms with Gasteiger partial charge >= 0.3 is 0 Å². The molecule has 7 heteroatoms. The van der Waals surface area contributed by atoms with Crippen LogP contribution in [-0.4, -0.2) is 42.7 Å². The summed E-state index contributed by atoms with van der Waals surface area (Å²) in [6.07, 6.45) is 0.605. The van der Waals surface area contributed by atoms with E-state index in [9.17, 15) is 4.79 Å². The monoisotopic (exact) mass is 338 g/mol. The second-order valence-corrected chi connectivity index (χ2v) is 6.31. The molecule has 1 saturated heterocycles. The molecule has 0 saturated carbocycles. The number of anilines is 2. The van der Waals surface area contributed by atoms with Crippen LogP contribution in [0.3, 0.4) is 0 Å². The van der Waals surface area contributed by atoms with Gasteiger partial charge in [-0.3, -0.25) is 10.2 Å². The minimum atomic E-state index is -0.216. The first-order valence-electron chi connectivity index (χ1n) is 8.30. The van der Waals surface area contributed by atoms with Crippen molar-refractivity contribution in [1.82, 2.24) is 4.90 Å². The number of piperazine rings is 1. The molecule has 1 aromatic rings. The summed E-state index contributed by atoms with van der Waals surface area (Å²) in [5.41, 5.74) is 4.25. The zero-order valence-corrected chi connectivity index (χ0v) is 14.6. The molecule has 1 amide bonds. The Morgan fingerprint density at radius 1 is 1.16 bits per heavy atom. The van der Waals surface area contributed by atoms with Crippen molar-refractivity contribution < 1.29 is 4.79 Å². The second-order valence-electron chi connectivity index (χ2n) is 6.31. The van der Waals surface area contributed by atoms with Crippen molar-refractivity contribution in [2.75, 3.05) is 36.5 Å². The molecule has 7 nitrogen and oxygen atoms in total. The fraction of sp³-hybridized carbons (Fsp3) is 0.444. The third kappa shape index (κ3) is 5.22. The van der Waals surface area contributed by atoms with E-state index < -0.39 is 0 Å². The average molecular weight is 338 g/mol. The smallest absolute Gasteiger partial charge is 0.237 e. The lowest BCUT2D eigenvalue weighted by molar-refractivity contribution is -0.132. The Kier molecular flexibility index (Phi) is 6.36. The lowest BCUT2D eigenvalue weighted by atomic mass is 10.1. The average Bonchev–Trinajstić information content (AvgIpc) is 2.62. The Bertz CT molecular complexity index is 687. The van der Waals surface area contributed by atoms with Gasteiger partial charge in [-0.1, -0.05) is 13.8 Å². The number of hydrogen-bond acceptors (Lipinski definition) is 6.